The Hall–Kier alpha value is -1.66. The molecule has 0 aliphatic heterocycles. The highest BCUT2D eigenvalue weighted by Crippen LogP contribution is 2.29. The molecular formula is C13H12ClN3O2S. The van der Waals surface area contributed by atoms with E-state index >= 15 is 0 Å². The highest BCUT2D eigenvalue weighted by Gasteiger charge is 2.16. The van der Waals surface area contributed by atoms with Crippen LogP contribution >= 0.6 is 23.4 Å². The molecule has 2 aromatic heterocycles. The maximum Gasteiger partial charge on any atom is 0.355 e. The Balaban J connectivity index is 2.35. The molecule has 0 amide bonds. The second-order valence-corrected chi connectivity index (χ2v) is 5.82. The van der Waals surface area contributed by atoms with E-state index in [9.17, 15) is 9.90 Å². The van der Waals surface area contributed by atoms with Crippen LogP contribution in [0.2, 0.25) is 5.02 Å². The molecule has 0 unspecified atom stereocenters. The van der Waals surface area contributed by atoms with Crippen LogP contribution in [0.4, 0.5) is 0 Å². The number of nitrogens with zero attached hydrogens (tertiary/aromatic N) is 3. The zero-order chi connectivity index (χ0) is 14.7. The molecular weight excluding hydrogens is 298 g/mol. The van der Waals surface area contributed by atoms with Crippen molar-refractivity contribution < 1.29 is 9.90 Å². The van der Waals surface area contributed by atoms with Gasteiger partial charge in [-0.2, -0.15) is 0 Å². The molecule has 0 aliphatic carbocycles. The monoisotopic (exact) mass is 309 g/mol. The average molecular weight is 310 g/mol. The summed E-state index contributed by atoms with van der Waals surface area (Å²) in [6.07, 6.45) is 3.03. The molecule has 0 fully saturated rings. The van der Waals surface area contributed by atoms with Gasteiger partial charge in [0.15, 0.2) is 5.69 Å². The molecule has 20 heavy (non-hydrogen) atoms. The lowest BCUT2D eigenvalue weighted by Crippen LogP contribution is -2.08. The highest BCUT2D eigenvalue weighted by molar-refractivity contribution is 7.99. The third-order valence-electron chi connectivity index (χ3n) is 2.41. The molecule has 0 saturated carbocycles. The van der Waals surface area contributed by atoms with E-state index in [4.69, 9.17) is 11.6 Å². The predicted octanol–water partition coefficient (Wildman–Crippen LogP) is 3.50. The molecule has 1 N–H and O–H groups in total. The second-order valence-electron chi connectivity index (χ2n) is 4.32. The summed E-state index contributed by atoms with van der Waals surface area (Å²) in [4.78, 5) is 24.2. The van der Waals surface area contributed by atoms with Gasteiger partial charge in [-0.1, -0.05) is 37.2 Å². The van der Waals surface area contributed by atoms with E-state index in [1.807, 2.05) is 13.8 Å². The molecule has 2 heterocycles. The maximum atomic E-state index is 11.3. The van der Waals surface area contributed by atoms with Crippen LogP contribution in [0.1, 0.15) is 36.1 Å². The Bertz CT molecular complexity index is 632. The van der Waals surface area contributed by atoms with E-state index < -0.39 is 5.97 Å². The van der Waals surface area contributed by atoms with Crippen LogP contribution < -0.4 is 0 Å². The number of hydrogen-bond acceptors (Lipinski definition) is 5. The Kier molecular flexibility index (Phi) is 4.57. The third-order valence-corrected chi connectivity index (χ3v) is 3.60. The molecule has 0 saturated heterocycles. The number of halogens is 1. The molecule has 104 valence electrons. The summed E-state index contributed by atoms with van der Waals surface area (Å²) in [6, 6.07) is 3.41. The van der Waals surface area contributed by atoms with Crippen molar-refractivity contribution in [3.05, 3.63) is 41.1 Å². The number of rotatable bonds is 4. The molecule has 0 spiro atoms. The molecule has 0 radical (unpaired) electrons. The number of pyridine rings is 1. The van der Waals surface area contributed by atoms with Crippen LogP contribution in [0.5, 0.6) is 0 Å². The number of carboxylic acid groups (broad SMARTS) is 1. The smallest absolute Gasteiger partial charge is 0.355 e. The SMILES string of the molecule is CC(C)c1ncc(Sc2ccc(Cl)cn2)c(C(=O)O)n1. The van der Waals surface area contributed by atoms with Gasteiger partial charge in [-0.15, -0.1) is 0 Å². The summed E-state index contributed by atoms with van der Waals surface area (Å²) in [6.45, 7) is 3.82. The topological polar surface area (TPSA) is 76.0 Å². The Labute approximate surface area is 125 Å². The van der Waals surface area contributed by atoms with Gasteiger partial charge in [-0.3, -0.25) is 0 Å². The summed E-state index contributed by atoms with van der Waals surface area (Å²) < 4.78 is 0. The summed E-state index contributed by atoms with van der Waals surface area (Å²) >= 11 is 6.96. The third kappa shape index (κ3) is 3.46. The largest absolute Gasteiger partial charge is 0.476 e. The fraction of sp³-hybridized carbons (Fsp3) is 0.231. The molecule has 5 nitrogen and oxygen atoms in total. The zero-order valence-corrected chi connectivity index (χ0v) is 12.4. The first kappa shape index (κ1) is 14.7. The number of carboxylic acids is 1. The van der Waals surface area contributed by atoms with Crippen molar-refractivity contribution in [2.75, 3.05) is 0 Å². The summed E-state index contributed by atoms with van der Waals surface area (Å²) in [7, 11) is 0. The molecule has 2 rings (SSSR count). The normalized spacial score (nSPS) is 10.8. The number of hydrogen-bond donors (Lipinski definition) is 1. The quantitative estimate of drug-likeness (QED) is 0.931. The van der Waals surface area contributed by atoms with Crippen LogP contribution in [0, 0.1) is 0 Å². The van der Waals surface area contributed by atoms with E-state index in [1.165, 1.54) is 24.2 Å². The van der Waals surface area contributed by atoms with Gasteiger partial charge in [0.05, 0.1) is 9.92 Å². The van der Waals surface area contributed by atoms with Crippen molar-refractivity contribution in [1.29, 1.82) is 0 Å². The molecule has 0 atom stereocenters. The standard InChI is InChI=1S/C13H12ClN3O2S/c1-7(2)12-16-6-9(11(17-12)13(18)19)20-10-4-3-8(14)5-15-10/h3-7H,1-2H3,(H,18,19). The summed E-state index contributed by atoms with van der Waals surface area (Å²) in [5.74, 6) is -0.498. The van der Waals surface area contributed by atoms with E-state index in [-0.39, 0.29) is 11.6 Å². The lowest BCUT2D eigenvalue weighted by molar-refractivity contribution is 0.0685. The first-order chi connectivity index (χ1) is 9.47. The first-order valence-corrected chi connectivity index (χ1v) is 7.06. The number of carbonyl (C=O) groups is 1. The Morgan fingerprint density at radius 3 is 2.60 bits per heavy atom. The van der Waals surface area contributed by atoms with Gasteiger partial charge in [0.25, 0.3) is 0 Å². The molecule has 0 bridgehead atoms. The molecule has 0 aliphatic rings. The van der Waals surface area contributed by atoms with E-state index in [0.29, 0.717) is 20.8 Å². The van der Waals surface area contributed by atoms with E-state index in [2.05, 4.69) is 15.0 Å². The first-order valence-electron chi connectivity index (χ1n) is 5.87. The lowest BCUT2D eigenvalue weighted by Gasteiger charge is -2.08. The predicted molar refractivity (Wildman–Crippen MR) is 76.5 cm³/mol. The van der Waals surface area contributed by atoms with Crippen molar-refractivity contribution in [2.45, 2.75) is 29.7 Å². The average Bonchev–Trinajstić information content (AvgIpc) is 2.41. The van der Waals surface area contributed by atoms with Gasteiger partial charge >= 0.3 is 5.97 Å². The Morgan fingerprint density at radius 1 is 1.30 bits per heavy atom. The van der Waals surface area contributed by atoms with E-state index in [1.54, 1.807) is 12.1 Å². The summed E-state index contributed by atoms with van der Waals surface area (Å²) in [5, 5.41) is 10.4. The van der Waals surface area contributed by atoms with Gasteiger partial charge in [0.2, 0.25) is 0 Å². The van der Waals surface area contributed by atoms with Crippen molar-refractivity contribution in [2.24, 2.45) is 0 Å². The fourth-order valence-electron chi connectivity index (χ4n) is 1.43. The van der Waals surface area contributed by atoms with Gasteiger partial charge in [-0.25, -0.2) is 19.7 Å². The molecule has 0 aromatic carbocycles. The van der Waals surface area contributed by atoms with Gasteiger partial charge in [0, 0.05) is 18.3 Å². The number of aromatic nitrogens is 3. The Morgan fingerprint density at radius 2 is 2.05 bits per heavy atom. The zero-order valence-electron chi connectivity index (χ0n) is 10.9. The van der Waals surface area contributed by atoms with Crippen LogP contribution in [-0.2, 0) is 0 Å². The van der Waals surface area contributed by atoms with Gasteiger partial charge < -0.3 is 5.11 Å². The van der Waals surface area contributed by atoms with Crippen LogP contribution in [-0.4, -0.2) is 26.0 Å². The van der Waals surface area contributed by atoms with Crippen LogP contribution in [0.25, 0.3) is 0 Å². The lowest BCUT2D eigenvalue weighted by atomic mass is 10.2. The summed E-state index contributed by atoms with van der Waals surface area (Å²) in [5.41, 5.74) is -0.00884. The van der Waals surface area contributed by atoms with Crippen molar-refractivity contribution >= 4 is 29.3 Å². The van der Waals surface area contributed by atoms with Crippen molar-refractivity contribution in [3.63, 3.8) is 0 Å². The highest BCUT2D eigenvalue weighted by atomic mass is 35.5. The minimum absolute atomic E-state index is 0.00884. The van der Waals surface area contributed by atoms with Gasteiger partial charge in [-0.05, 0) is 12.1 Å². The second kappa shape index (κ2) is 6.19. The van der Waals surface area contributed by atoms with Crippen LogP contribution in [0.15, 0.2) is 34.4 Å². The van der Waals surface area contributed by atoms with Gasteiger partial charge in [0.1, 0.15) is 10.9 Å². The van der Waals surface area contributed by atoms with Crippen molar-refractivity contribution in [3.8, 4) is 0 Å². The molecule has 7 heteroatoms. The van der Waals surface area contributed by atoms with Crippen molar-refractivity contribution in [1.82, 2.24) is 15.0 Å². The minimum atomic E-state index is -1.08. The fourth-order valence-corrected chi connectivity index (χ4v) is 2.34. The number of aromatic carboxylic acids is 1. The maximum absolute atomic E-state index is 11.3. The van der Waals surface area contributed by atoms with E-state index in [0.717, 1.165) is 0 Å². The van der Waals surface area contributed by atoms with Crippen LogP contribution in [0.3, 0.4) is 0 Å². The minimum Gasteiger partial charge on any atom is -0.476 e. The molecule has 2 aromatic rings.